The molecule has 0 radical (unpaired) electrons. The number of rotatable bonds is 5. The van der Waals surface area contributed by atoms with Crippen LogP contribution in [0.5, 0.6) is 5.75 Å². The van der Waals surface area contributed by atoms with Crippen LogP contribution in [0.4, 0.5) is 0 Å². The predicted octanol–water partition coefficient (Wildman–Crippen LogP) is 4.87. The van der Waals surface area contributed by atoms with E-state index in [1.54, 1.807) is 31.2 Å². The molecule has 1 atom stereocenters. The van der Waals surface area contributed by atoms with E-state index >= 15 is 0 Å². The first-order valence-corrected chi connectivity index (χ1v) is 10.3. The number of allylic oxidation sites excluding steroid dienone is 2. The highest BCUT2D eigenvalue weighted by Crippen LogP contribution is 2.49. The van der Waals surface area contributed by atoms with E-state index in [0.717, 1.165) is 5.56 Å². The largest absolute Gasteiger partial charge is 0.494 e. The third-order valence-corrected chi connectivity index (χ3v) is 5.56. The third-order valence-electron chi connectivity index (χ3n) is 5.33. The summed E-state index contributed by atoms with van der Waals surface area (Å²) < 4.78 is 11.2. The second-order valence-electron chi connectivity index (χ2n) is 7.10. The molecule has 1 heterocycles. The van der Waals surface area contributed by atoms with Gasteiger partial charge in [0.05, 0.1) is 30.4 Å². The van der Waals surface area contributed by atoms with E-state index in [2.05, 4.69) is 5.32 Å². The molecule has 0 saturated heterocycles. The number of ketones is 1. The highest BCUT2D eigenvalue weighted by molar-refractivity contribution is 6.30. The lowest BCUT2D eigenvalue weighted by Crippen LogP contribution is -2.29. The number of hydrogen-bond donors (Lipinski definition) is 1. The first kappa shape index (κ1) is 20.2. The Kier molecular flexibility index (Phi) is 5.39. The number of Topliss-reactive ketones (excluding diaryl/α,β-unsaturated/α-hetero) is 1. The molecule has 5 nitrogen and oxygen atoms in total. The summed E-state index contributed by atoms with van der Waals surface area (Å²) in [4.78, 5) is 26.4. The van der Waals surface area contributed by atoms with Crippen molar-refractivity contribution in [2.24, 2.45) is 0 Å². The van der Waals surface area contributed by atoms with Crippen LogP contribution in [0.1, 0.15) is 48.2 Å². The van der Waals surface area contributed by atoms with Gasteiger partial charge in [0.2, 0.25) is 0 Å². The van der Waals surface area contributed by atoms with Crippen molar-refractivity contribution in [3.63, 3.8) is 0 Å². The van der Waals surface area contributed by atoms with Crippen molar-refractivity contribution in [2.45, 2.75) is 26.7 Å². The molecule has 1 N–H and O–H groups in total. The summed E-state index contributed by atoms with van der Waals surface area (Å²) >= 11 is 6.33. The summed E-state index contributed by atoms with van der Waals surface area (Å²) in [6.45, 7) is 6.13. The molecule has 2 aliphatic rings. The van der Waals surface area contributed by atoms with Crippen LogP contribution in [-0.2, 0) is 9.53 Å². The van der Waals surface area contributed by atoms with Crippen LogP contribution in [-0.4, -0.2) is 25.0 Å². The SMILES string of the molecule is CCOC(=O)C1=C(C)NC2=C(C(=O)c3ccccc32)[C@@H]1c1cc(Cl)ccc1OCC. The van der Waals surface area contributed by atoms with E-state index < -0.39 is 11.9 Å². The number of benzene rings is 2. The van der Waals surface area contributed by atoms with Crippen molar-refractivity contribution in [1.82, 2.24) is 5.32 Å². The van der Waals surface area contributed by atoms with Crippen molar-refractivity contribution in [3.8, 4) is 5.75 Å². The second-order valence-corrected chi connectivity index (χ2v) is 7.53. The summed E-state index contributed by atoms with van der Waals surface area (Å²) in [6.07, 6.45) is 0. The summed E-state index contributed by atoms with van der Waals surface area (Å²) in [5.41, 5.74) is 4.36. The van der Waals surface area contributed by atoms with E-state index in [1.807, 2.05) is 32.0 Å². The van der Waals surface area contributed by atoms with Gasteiger partial charge in [-0.15, -0.1) is 0 Å². The molecule has 0 fully saturated rings. The van der Waals surface area contributed by atoms with Crippen LogP contribution in [0.3, 0.4) is 0 Å². The number of fused-ring (bicyclic) bond motifs is 2. The minimum Gasteiger partial charge on any atom is -0.494 e. The van der Waals surface area contributed by atoms with Crippen molar-refractivity contribution < 1.29 is 19.1 Å². The predicted molar refractivity (Wildman–Crippen MR) is 116 cm³/mol. The van der Waals surface area contributed by atoms with Gasteiger partial charge >= 0.3 is 5.97 Å². The number of halogens is 1. The van der Waals surface area contributed by atoms with Gasteiger partial charge in [-0.3, -0.25) is 4.79 Å². The van der Waals surface area contributed by atoms with Gasteiger partial charge in [0, 0.05) is 33.0 Å². The lowest BCUT2D eigenvalue weighted by Gasteiger charge is -2.30. The Hall–Kier alpha value is -3.05. The molecule has 1 aliphatic carbocycles. The maximum atomic E-state index is 13.5. The number of ether oxygens (including phenoxy) is 2. The quantitative estimate of drug-likeness (QED) is 0.695. The number of nitrogens with one attached hydrogen (secondary N) is 1. The molecule has 154 valence electrons. The molecular weight excluding hydrogens is 402 g/mol. The van der Waals surface area contributed by atoms with Gasteiger partial charge in [-0.05, 0) is 39.0 Å². The average molecular weight is 424 g/mol. The Labute approximate surface area is 180 Å². The van der Waals surface area contributed by atoms with Crippen LogP contribution in [0.25, 0.3) is 5.70 Å². The molecule has 6 heteroatoms. The van der Waals surface area contributed by atoms with Gasteiger partial charge < -0.3 is 14.8 Å². The molecule has 0 unspecified atom stereocenters. The van der Waals surface area contributed by atoms with E-state index in [4.69, 9.17) is 21.1 Å². The van der Waals surface area contributed by atoms with Gasteiger partial charge in [0.25, 0.3) is 0 Å². The van der Waals surface area contributed by atoms with Gasteiger partial charge in [-0.1, -0.05) is 35.9 Å². The first-order valence-electron chi connectivity index (χ1n) is 9.93. The van der Waals surface area contributed by atoms with E-state index in [1.165, 1.54) is 0 Å². The zero-order chi connectivity index (χ0) is 21.4. The number of esters is 1. The number of dihydropyridines is 1. The average Bonchev–Trinajstić information content (AvgIpc) is 3.01. The van der Waals surface area contributed by atoms with Crippen LogP contribution in [0.2, 0.25) is 5.02 Å². The van der Waals surface area contributed by atoms with Gasteiger partial charge in [0.15, 0.2) is 5.78 Å². The molecular formula is C24H22ClNO4. The van der Waals surface area contributed by atoms with Gasteiger partial charge in [0.1, 0.15) is 5.75 Å². The zero-order valence-corrected chi connectivity index (χ0v) is 17.8. The normalized spacial score (nSPS) is 17.5. The lowest BCUT2D eigenvalue weighted by molar-refractivity contribution is -0.138. The zero-order valence-electron chi connectivity index (χ0n) is 17.0. The maximum Gasteiger partial charge on any atom is 0.336 e. The molecule has 2 aromatic carbocycles. The second kappa shape index (κ2) is 8.00. The van der Waals surface area contributed by atoms with Crippen molar-refractivity contribution in [3.05, 3.63) is 81.0 Å². The molecule has 0 bridgehead atoms. The first-order chi connectivity index (χ1) is 14.5. The third kappa shape index (κ3) is 3.19. The van der Waals surface area contributed by atoms with Crippen molar-refractivity contribution in [1.29, 1.82) is 0 Å². The molecule has 0 amide bonds. The molecule has 4 rings (SSSR count). The molecule has 2 aromatic rings. The Morgan fingerprint density at radius 3 is 2.53 bits per heavy atom. The standard InChI is InChI=1S/C24H22ClNO4/c1-4-29-18-11-10-14(25)12-17(18)20-19(24(28)30-5-2)13(3)26-22-15-8-6-7-9-16(15)23(27)21(20)22/h6-12,20,26H,4-5H2,1-3H3/t20-/m1/s1. The van der Waals surface area contributed by atoms with Crippen LogP contribution < -0.4 is 10.1 Å². The topological polar surface area (TPSA) is 64.6 Å². The fraction of sp³-hybridized carbons (Fsp3) is 0.250. The Bertz CT molecular complexity index is 1120. The van der Waals surface area contributed by atoms with Crippen LogP contribution >= 0.6 is 11.6 Å². The number of hydrogen-bond acceptors (Lipinski definition) is 5. The summed E-state index contributed by atoms with van der Waals surface area (Å²) in [5, 5.41) is 3.78. The summed E-state index contributed by atoms with van der Waals surface area (Å²) in [5.74, 6) is -0.653. The van der Waals surface area contributed by atoms with Crippen molar-refractivity contribution in [2.75, 3.05) is 13.2 Å². The fourth-order valence-electron chi connectivity index (χ4n) is 4.15. The van der Waals surface area contributed by atoms with E-state index in [9.17, 15) is 9.59 Å². The highest BCUT2D eigenvalue weighted by Gasteiger charge is 2.43. The van der Waals surface area contributed by atoms with E-state index in [0.29, 0.717) is 51.0 Å². The molecule has 0 saturated carbocycles. The fourth-order valence-corrected chi connectivity index (χ4v) is 4.33. The summed E-state index contributed by atoms with van der Waals surface area (Å²) in [7, 11) is 0. The number of carbonyl (C=O) groups excluding carboxylic acids is 2. The maximum absolute atomic E-state index is 13.5. The Balaban J connectivity index is 1.98. The smallest absolute Gasteiger partial charge is 0.336 e. The van der Waals surface area contributed by atoms with Crippen molar-refractivity contribution >= 4 is 29.1 Å². The molecule has 0 aromatic heterocycles. The molecule has 0 spiro atoms. The monoisotopic (exact) mass is 423 g/mol. The highest BCUT2D eigenvalue weighted by atomic mass is 35.5. The Morgan fingerprint density at radius 1 is 1.10 bits per heavy atom. The minimum atomic E-state index is -0.652. The van der Waals surface area contributed by atoms with Gasteiger partial charge in [-0.25, -0.2) is 4.79 Å². The lowest BCUT2D eigenvalue weighted by atomic mass is 9.79. The van der Waals surface area contributed by atoms with Crippen LogP contribution in [0, 0.1) is 0 Å². The number of carbonyl (C=O) groups is 2. The minimum absolute atomic E-state index is 0.116. The van der Waals surface area contributed by atoms with E-state index in [-0.39, 0.29) is 12.4 Å². The van der Waals surface area contributed by atoms with Crippen LogP contribution in [0.15, 0.2) is 59.3 Å². The van der Waals surface area contributed by atoms with Gasteiger partial charge in [-0.2, -0.15) is 0 Å². The Morgan fingerprint density at radius 2 is 1.83 bits per heavy atom. The summed E-state index contributed by atoms with van der Waals surface area (Å²) in [6, 6.07) is 12.7. The molecule has 1 aliphatic heterocycles. The molecule has 30 heavy (non-hydrogen) atoms.